The van der Waals surface area contributed by atoms with Crippen molar-refractivity contribution in [3.63, 3.8) is 0 Å². The van der Waals surface area contributed by atoms with E-state index in [-0.39, 0.29) is 42.8 Å². The molecule has 3 atom stereocenters. The maximum atomic E-state index is 13.0. The number of amides is 3. The van der Waals surface area contributed by atoms with Crippen LogP contribution < -0.4 is 10.1 Å². The van der Waals surface area contributed by atoms with E-state index >= 15 is 0 Å². The van der Waals surface area contributed by atoms with Crippen LogP contribution in [0.3, 0.4) is 0 Å². The van der Waals surface area contributed by atoms with E-state index in [2.05, 4.69) is 20.2 Å². The number of likely N-dealkylation sites (tertiary alicyclic amines) is 1. The number of benzene rings is 1. The molecule has 206 valence electrons. The van der Waals surface area contributed by atoms with E-state index in [1.54, 1.807) is 12.1 Å². The molecule has 6 rings (SSSR count). The summed E-state index contributed by atoms with van der Waals surface area (Å²) in [6.07, 6.45) is 1.63. The highest BCUT2D eigenvalue weighted by atomic mass is 19.4. The topological polar surface area (TPSA) is 105 Å². The van der Waals surface area contributed by atoms with Crippen LogP contribution in [-0.2, 0) is 22.3 Å². The lowest BCUT2D eigenvalue weighted by Gasteiger charge is -2.47. The van der Waals surface area contributed by atoms with Crippen molar-refractivity contribution >= 4 is 17.7 Å². The number of carbonyl (C=O) groups is 3. The van der Waals surface area contributed by atoms with Gasteiger partial charge in [-0.25, -0.2) is 9.97 Å². The van der Waals surface area contributed by atoms with Gasteiger partial charge in [0.05, 0.1) is 5.56 Å². The summed E-state index contributed by atoms with van der Waals surface area (Å²) in [5, 5.41) is 2.31. The summed E-state index contributed by atoms with van der Waals surface area (Å²) in [6.45, 7) is 1.61. The predicted octanol–water partition coefficient (Wildman–Crippen LogP) is 3.05. The Morgan fingerprint density at radius 2 is 1.74 bits per heavy atom. The minimum absolute atomic E-state index is 0.0147. The Morgan fingerprint density at radius 3 is 2.46 bits per heavy atom. The Hall–Kier alpha value is -3.54. The van der Waals surface area contributed by atoms with Crippen LogP contribution in [0.15, 0.2) is 30.6 Å². The van der Waals surface area contributed by atoms with E-state index in [4.69, 9.17) is 4.74 Å². The molecule has 0 unspecified atom stereocenters. The molecule has 12 heteroatoms. The molecule has 0 bridgehead atoms. The van der Waals surface area contributed by atoms with Gasteiger partial charge in [-0.1, -0.05) is 6.42 Å². The number of carbonyl (C=O) groups excluding carboxylic acids is 3. The third-order valence-electron chi connectivity index (χ3n) is 8.19. The van der Waals surface area contributed by atoms with E-state index in [9.17, 15) is 27.6 Å². The van der Waals surface area contributed by atoms with Gasteiger partial charge in [0.1, 0.15) is 23.7 Å². The van der Waals surface area contributed by atoms with Gasteiger partial charge in [-0.2, -0.15) is 13.2 Å². The van der Waals surface area contributed by atoms with Gasteiger partial charge in [-0.3, -0.25) is 24.6 Å². The highest BCUT2D eigenvalue weighted by Gasteiger charge is 2.42. The van der Waals surface area contributed by atoms with Crippen LogP contribution in [0, 0.1) is 0 Å². The van der Waals surface area contributed by atoms with Crippen molar-refractivity contribution < 1.29 is 32.3 Å². The maximum Gasteiger partial charge on any atom is 0.419 e. The van der Waals surface area contributed by atoms with E-state index in [1.807, 2.05) is 6.07 Å². The molecular weight excluding hydrogens is 515 g/mol. The molecule has 3 amide bonds. The van der Waals surface area contributed by atoms with E-state index in [1.165, 1.54) is 4.90 Å². The zero-order valence-electron chi connectivity index (χ0n) is 21.1. The number of hydrogen-bond acceptors (Lipinski definition) is 7. The van der Waals surface area contributed by atoms with Crippen LogP contribution in [0.5, 0.6) is 5.75 Å². The fourth-order valence-electron chi connectivity index (χ4n) is 6.07. The van der Waals surface area contributed by atoms with Crippen LogP contribution in [-0.4, -0.2) is 68.8 Å². The SMILES string of the molecule is O=C1CC[C@H](N2Cc3cc(O[C@H]4CCCC[C@@H]4N4CC(c5ncc(C(F)(F)F)cn5)C4)ccc3C2=O)C(=O)N1. The van der Waals surface area contributed by atoms with Crippen molar-refractivity contribution in [1.29, 1.82) is 0 Å². The predicted molar refractivity (Wildman–Crippen MR) is 131 cm³/mol. The number of halogens is 3. The molecule has 1 saturated carbocycles. The van der Waals surface area contributed by atoms with E-state index in [0.29, 0.717) is 36.6 Å². The number of ether oxygens (including phenoxy) is 1. The molecule has 1 aromatic carbocycles. The summed E-state index contributed by atoms with van der Waals surface area (Å²) < 4.78 is 44.9. The summed E-state index contributed by atoms with van der Waals surface area (Å²) in [6, 6.07) is 4.88. The van der Waals surface area contributed by atoms with Gasteiger partial charge < -0.3 is 9.64 Å². The van der Waals surface area contributed by atoms with Gasteiger partial charge in [-0.05, 0) is 49.4 Å². The molecule has 1 aromatic heterocycles. The van der Waals surface area contributed by atoms with Crippen molar-refractivity contribution in [2.45, 2.75) is 75.4 Å². The minimum Gasteiger partial charge on any atom is -0.489 e. The van der Waals surface area contributed by atoms with Crippen molar-refractivity contribution in [3.05, 3.63) is 53.1 Å². The molecular formula is C27H28F3N5O4. The standard InChI is InChI=1S/C27H28F3N5O4/c28-27(29,30)17-10-31-24(32-11-17)16-12-34(13-16)20-3-1-2-4-22(20)39-18-5-6-19-15(9-18)14-35(26(19)38)21-7-8-23(36)33-25(21)37/h5-6,9-11,16,20-22H,1-4,7-8,12-14H2,(H,33,36,37)/t20-,21-,22-/m0/s1. The Bertz CT molecular complexity index is 1300. The molecule has 1 N–H and O–H groups in total. The first-order valence-corrected chi connectivity index (χ1v) is 13.2. The average Bonchev–Trinajstić information content (AvgIpc) is 3.19. The number of hydrogen-bond donors (Lipinski definition) is 1. The Morgan fingerprint density at radius 1 is 1.00 bits per heavy atom. The second kappa shape index (κ2) is 9.89. The van der Waals surface area contributed by atoms with Crippen molar-refractivity contribution in [2.24, 2.45) is 0 Å². The second-order valence-corrected chi connectivity index (χ2v) is 10.7. The quantitative estimate of drug-likeness (QED) is 0.578. The summed E-state index contributed by atoms with van der Waals surface area (Å²) in [7, 11) is 0. The van der Waals surface area contributed by atoms with Crippen LogP contribution >= 0.6 is 0 Å². The molecule has 1 aliphatic carbocycles. The Kier molecular flexibility index (Phi) is 6.52. The third-order valence-corrected chi connectivity index (χ3v) is 8.19. The normalized spacial score (nSPS) is 26.3. The molecule has 0 radical (unpaired) electrons. The van der Waals surface area contributed by atoms with Crippen molar-refractivity contribution in [1.82, 2.24) is 25.1 Å². The van der Waals surface area contributed by atoms with Crippen LogP contribution in [0.1, 0.15) is 71.8 Å². The first-order valence-electron chi connectivity index (χ1n) is 13.2. The first kappa shape index (κ1) is 25.7. The van der Waals surface area contributed by atoms with Crippen LogP contribution in [0.2, 0.25) is 0 Å². The number of imide groups is 1. The first-order chi connectivity index (χ1) is 18.7. The molecule has 4 heterocycles. The molecule has 2 saturated heterocycles. The number of aromatic nitrogens is 2. The van der Waals surface area contributed by atoms with Gasteiger partial charge >= 0.3 is 6.18 Å². The van der Waals surface area contributed by atoms with Gasteiger partial charge in [0, 0.05) is 56.0 Å². The zero-order valence-corrected chi connectivity index (χ0v) is 21.1. The summed E-state index contributed by atoms with van der Waals surface area (Å²) in [5.41, 5.74) is 0.479. The lowest BCUT2D eigenvalue weighted by Crippen LogP contribution is -2.57. The highest BCUT2D eigenvalue weighted by molar-refractivity contribution is 6.05. The molecule has 9 nitrogen and oxygen atoms in total. The molecule has 3 aliphatic heterocycles. The van der Waals surface area contributed by atoms with Gasteiger partial charge in [-0.15, -0.1) is 0 Å². The van der Waals surface area contributed by atoms with E-state index < -0.39 is 23.7 Å². The molecule has 3 fully saturated rings. The Labute approximate surface area is 222 Å². The van der Waals surface area contributed by atoms with Crippen molar-refractivity contribution in [2.75, 3.05) is 13.1 Å². The van der Waals surface area contributed by atoms with Gasteiger partial charge in [0.25, 0.3) is 5.91 Å². The van der Waals surface area contributed by atoms with Crippen LogP contribution in [0.25, 0.3) is 0 Å². The fraction of sp³-hybridized carbons (Fsp3) is 0.519. The largest absolute Gasteiger partial charge is 0.489 e. The lowest BCUT2D eigenvalue weighted by atomic mass is 9.86. The Balaban J connectivity index is 1.09. The minimum atomic E-state index is -4.45. The third kappa shape index (κ3) is 4.97. The zero-order chi connectivity index (χ0) is 27.3. The summed E-state index contributed by atoms with van der Waals surface area (Å²) in [4.78, 5) is 48.5. The molecule has 2 aromatic rings. The van der Waals surface area contributed by atoms with Gasteiger partial charge in [0.15, 0.2) is 0 Å². The van der Waals surface area contributed by atoms with Crippen LogP contribution in [0.4, 0.5) is 13.2 Å². The second-order valence-electron chi connectivity index (χ2n) is 10.7. The van der Waals surface area contributed by atoms with Crippen molar-refractivity contribution in [3.8, 4) is 5.75 Å². The fourth-order valence-corrected chi connectivity index (χ4v) is 6.07. The number of nitrogens with one attached hydrogen (secondary N) is 1. The smallest absolute Gasteiger partial charge is 0.419 e. The number of rotatable bonds is 5. The number of alkyl halides is 3. The lowest BCUT2D eigenvalue weighted by molar-refractivity contribution is -0.138. The van der Waals surface area contributed by atoms with Gasteiger partial charge in [0.2, 0.25) is 11.8 Å². The molecule has 39 heavy (non-hydrogen) atoms. The summed E-state index contributed by atoms with van der Waals surface area (Å²) in [5.74, 6) is 0.0861. The summed E-state index contributed by atoms with van der Waals surface area (Å²) >= 11 is 0. The molecule has 0 spiro atoms. The van der Waals surface area contributed by atoms with E-state index in [0.717, 1.165) is 43.6 Å². The number of nitrogens with zero attached hydrogens (tertiary/aromatic N) is 4. The number of fused-ring (bicyclic) bond motifs is 1. The highest BCUT2D eigenvalue weighted by Crippen LogP contribution is 2.36. The maximum absolute atomic E-state index is 13.0. The average molecular weight is 544 g/mol. The number of piperidine rings is 1. The molecule has 4 aliphatic rings. The monoisotopic (exact) mass is 543 g/mol.